The number of anilines is 1. The lowest BCUT2D eigenvalue weighted by Gasteiger charge is -1.98. The number of hydrogen-bond donors (Lipinski definition) is 2. The van der Waals surface area contributed by atoms with Crippen molar-refractivity contribution in [1.82, 2.24) is 25.1 Å². The van der Waals surface area contributed by atoms with E-state index in [1.165, 1.54) is 11.3 Å². The predicted molar refractivity (Wildman–Crippen MR) is 105 cm³/mol. The van der Waals surface area contributed by atoms with Crippen molar-refractivity contribution in [2.75, 3.05) is 5.32 Å². The average Bonchev–Trinajstić information content (AvgIpc) is 3.29. The first-order chi connectivity index (χ1) is 13.1. The van der Waals surface area contributed by atoms with E-state index in [-0.39, 0.29) is 11.9 Å². The summed E-state index contributed by atoms with van der Waals surface area (Å²) >= 11 is 7.33. The molecule has 2 N–H and O–H groups in total. The van der Waals surface area contributed by atoms with E-state index in [1.807, 2.05) is 30.3 Å². The monoisotopic (exact) mass is 396 g/mol. The van der Waals surface area contributed by atoms with E-state index in [0.717, 1.165) is 10.6 Å². The Labute approximate surface area is 163 Å². The highest BCUT2D eigenvalue weighted by molar-refractivity contribution is 7.17. The second-order valence-corrected chi connectivity index (χ2v) is 7.06. The predicted octanol–water partition coefficient (Wildman–Crippen LogP) is 4.20. The summed E-state index contributed by atoms with van der Waals surface area (Å²) in [6.45, 7) is 1.79. The van der Waals surface area contributed by atoms with Gasteiger partial charge in [0.25, 0.3) is 5.91 Å². The number of rotatable bonds is 4. The number of pyridine rings is 1. The van der Waals surface area contributed by atoms with Crippen molar-refractivity contribution >= 4 is 34.8 Å². The van der Waals surface area contributed by atoms with E-state index in [9.17, 15) is 4.79 Å². The number of carbonyl (C=O) groups is 1. The Morgan fingerprint density at radius 3 is 2.85 bits per heavy atom. The van der Waals surface area contributed by atoms with Crippen LogP contribution in [-0.2, 0) is 0 Å². The van der Waals surface area contributed by atoms with E-state index in [2.05, 4.69) is 30.5 Å². The van der Waals surface area contributed by atoms with Gasteiger partial charge in [0.1, 0.15) is 15.6 Å². The van der Waals surface area contributed by atoms with E-state index >= 15 is 0 Å². The summed E-state index contributed by atoms with van der Waals surface area (Å²) in [5, 5.41) is 10.8. The van der Waals surface area contributed by atoms with Gasteiger partial charge in [-0.25, -0.2) is 4.98 Å². The summed E-state index contributed by atoms with van der Waals surface area (Å²) in [6, 6.07) is 12.8. The number of aryl methyl sites for hydroxylation is 1. The first-order valence-electron chi connectivity index (χ1n) is 7.98. The Bertz CT molecular complexity index is 1110. The van der Waals surface area contributed by atoms with Crippen LogP contribution in [0.25, 0.3) is 22.1 Å². The number of halogens is 1. The molecule has 0 spiro atoms. The summed E-state index contributed by atoms with van der Waals surface area (Å²) in [7, 11) is 0. The first-order valence-corrected chi connectivity index (χ1v) is 9.18. The van der Waals surface area contributed by atoms with Crippen LogP contribution in [0.1, 0.15) is 15.4 Å². The topological polar surface area (TPSA) is 96.5 Å². The van der Waals surface area contributed by atoms with Crippen molar-refractivity contribution in [3.63, 3.8) is 0 Å². The number of nitrogens with one attached hydrogen (secondary N) is 2. The fourth-order valence-corrected chi connectivity index (χ4v) is 3.59. The quantitative estimate of drug-likeness (QED) is 0.538. The standard InChI is InChI=1S/C18H13ClN6OS/c1-10-14(27-17(21-10)11-5-4-6-12(19)9-11)16(26)23-18-22-15(24-25-18)13-7-2-3-8-20-13/h2-9H,1H3,(H2,22,23,24,25,26). The van der Waals surface area contributed by atoms with Gasteiger partial charge in [-0.1, -0.05) is 29.8 Å². The molecule has 3 aromatic heterocycles. The van der Waals surface area contributed by atoms with E-state index in [4.69, 9.17) is 11.6 Å². The van der Waals surface area contributed by atoms with Crippen LogP contribution in [0.5, 0.6) is 0 Å². The summed E-state index contributed by atoms with van der Waals surface area (Å²) in [6.07, 6.45) is 1.66. The van der Waals surface area contributed by atoms with Crippen molar-refractivity contribution in [2.45, 2.75) is 6.92 Å². The fourth-order valence-electron chi connectivity index (χ4n) is 2.45. The molecule has 0 atom stereocenters. The molecule has 3 heterocycles. The molecule has 9 heteroatoms. The lowest BCUT2D eigenvalue weighted by Crippen LogP contribution is -2.12. The number of H-pyrrole nitrogens is 1. The Hall–Kier alpha value is -3.10. The number of carbonyl (C=O) groups excluding carboxylic acids is 1. The minimum absolute atomic E-state index is 0.178. The van der Waals surface area contributed by atoms with Gasteiger partial charge in [0, 0.05) is 16.8 Å². The molecule has 0 aliphatic rings. The van der Waals surface area contributed by atoms with Crippen LogP contribution in [0, 0.1) is 6.92 Å². The maximum Gasteiger partial charge on any atom is 0.270 e. The van der Waals surface area contributed by atoms with Gasteiger partial charge in [-0.05, 0) is 31.2 Å². The van der Waals surface area contributed by atoms with Gasteiger partial charge in [0.05, 0.1) is 5.69 Å². The third kappa shape index (κ3) is 3.71. The summed E-state index contributed by atoms with van der Waals surface area (Å²) in [5.74, 6) is 0.342. The molecule has 0 radical (unpaired) electrons. The maximum atomic E-state index is 12.6. The molecular formula is C18H13ClN6OS. The second kappa shape index (κ2) is 7.26. The molecule has 4 rings (SSSR count). The van der Waals surface area contributed by atoms with Crippen LogP contribution in [0.4, 0.5) is 5.95 Å². The van der Waals surface area contributed by atoms with Crippen LogP contribution in [0.3, 0.4) is 0 Å². The molecule has 7 nitrogen and oxygen atoms in total. The fraction of sp³-hybridized carbons (Fsp3) is 0.0556. The van der Waals surface area contributed by atoms with Gasteiger partial charge in [-0.15, -0.1) is 16.4 Å². The lowest BCUT2D eigenvalue weighted by molar-refractivity contribution is 0.102. The van der Waals surface area contributed by atoms with Gasteiger partial charge in [0.2, 0.25) is 5.95 Å². The zero-order valence-electron chi connectivity index (χ0n) is 14.1. The number of aromatic amines is 1. The number of amides is 1. The van der Waals surface area contributed by atoms with Crippen LogP contribution in [0.2, 0.25) is 5.02 Å². The maximum absolute atomic E-state index is 12.6. The van der Waals surface area contributed by atoms with E-state index < -0.39 is 0 Å². The van der Waals surface area contributed by atoms with Crippen LogP contribution >= 0.6 is 22.9 Å². The zero-order chi connectivity index (χ0) is 18.8. The van der Waals surface area contributed by atoms with Gasteiger partial charge >= 0.3 is 0 Å². The Kier molecular flexibility index (Phi) is 4.66. The molecule has 0 fully saturated rings. The number of thiazole rings is 1. The van der Waals surface area contributed by atoms with Crippen molar-refractivity contribution < 1.29 is 4.79 Å². The number of aromatic nitrogens is 5. The normalized spacial score (nSPS) is 10.7. The molecule has 0 aliphatic heterocycles. The minimum atomic E-state index is -0.315. The van der Waals surface area contributed by atoms with Crippen molar-refractivity contribution in [3.05, 3.63) is 64.3 Å². The molecule has 0 saturated heterocycles. The molecule has 27 heavy (non-hydrogen) atoms. The molecule has 0 saturated carbocycles. The molecule has 0 bridgehead atoms. The second-order valence-electron chi connectivity index (χ2n) is 5.62. The first kappa shape index (κ1) is 17.3. The number of nitrogens with zero attached hydrogens (tertiary/aromatic N) is 4. The van der Waals surface area contributed by atoms with E-state index in [0.29, 0.717) is 27.1 Å². The summed E-state index contributed by atoms with van der Waals surface area (Å²) in [4.78, 5) is 26.0. The van der Waals surface area contributed by atoms with Crippen LogP contribution in [0.15, 0.2) is 48.7 Å². The third-order valence-electron chi connectivity index (χ3n) is 3.69. The third-order valence-corrected chi connectivity index (χ3v) is 5.13. The Balaban J connectivity index is 1.55. The Morgan fingerprint density at radius 1 is 1.19 bits per heavy atom. The SMILES string of the molecule is Cc1nc(-c2cccc(Cl)c2)sc1C(=O)Nc1n[nH]c(-c2ccccn2)n1. The highest BCUT2D eigenvalue weighted by Crippen LogP contribution is 2.29. The van der Waals surface area contributed by atoms with Crippen LogP contribution in [-0.4, -0.2) is 31.1 Å². The smallest absolute Gasteiger partial charge is 0.270 e. The van der Waals surface area contributed by atoms with Gasteiger partial charge in [-0.3, -0.25) is 20.2 Å². The van der Waals surface area contributed by atoms with Crippen molar-refractivity contribution in [1.29, 1.82) is 0 Å². The molecule has 0 unspecified atom stereocenters. The largest absolute Gasteiger partial charge is 0.288 e. The molecular weight excluding hydrogens is 384 g/mol. The van der Waals surface area contributed by atoms with Gasteiger partial charge in [0.15, 0.2) is 5.82 Å². The van der Waals surface area contributed by atoms with Crippen molar-refractivity contribution in [3.8, 4) is 22.1 Å². The highest BCUT2D eigenvalue weighted by atomic mass is 35.5. The number of benzene rings is 1. The number of hydrogen-bond acceptors (Lipinski definition) is 6. The van der Waals surface area contributed by atoms with Crippen molar-refractivity contribution in [2.24, 2.45) is 0 Å². The van der Waals surface area contributed by atoms with Crippen LogP contribution < -0.4 is 5.32 Å². The highest BCUT2D eigenvalue weighted by Gasteiger charge is 2.18. The van der Waals surface area contributed by atoms with Gasteiger partial charge in [-0.2, -0.15) is 4.98 Å². The molecule has 4 aromatic rings. The Morgan fingerprint density at radius 2 is 2.07 bits per heavy atom. The average molecular weight is 397 g/mol. The molecule has 1 aromatic carbocycles. The van der Waals surface area contributed by atoms with Gasteiger partial charge < -0.3 is 0 Å². The zero-order valence-corrected chi connectivity index (χ0v) is 15.7. The summed E-state index contributed by atoms with van der Waals surface area (Å²) < 4.78 is 0. The molecule has 134 valence electrons. The summed E-state index contributed by atoms with van der Waals surface area (Å²) in [5.41, 5.74) is 2.14. The van der Waals surface area contributed by atoms with E-state index in [1.54, 1.807) is 25.3 Å². The lowest BCUT2D eigenvalue weighted by atomic mass is 10.2. The minimum Gasteiger partial charge on any atom is -0.288 e. The molecule has 0 aliphatic carbocycles. The molecule has 1 amide bonds.